The molecule has 0 aliphatic rings. The van der Waals surface area contributed by atoms with Crippen molar-refractivity contribution in [1.82, 2.24) is 0 Å². The molecule has 0 radical (unpaired) electrons. The van der Waals surface area contributed by atoms with Gasteiger partial charge in [-0.1, -0.05) is 17.7 Å². The van der Waals surface area contributed by atoms with E-state index in [0.29, 0.717) is 6.42 Å². The fourth-order valence-electron chi connectivity index (χ4n) is 1.15. The molecule has 1 aromatic carbocycles. The summed E-state index contributed by atoms with van der Waals surface area (Å²) in [6, 6.07) is 3.08. The number of hydrogen-bond acceptors (Lipinski definition) is 2. The predicted molar refractivity (Wildman–Crippen MR) is 62.8 cm³/mol. The normalized spacial score (nSPS) is 11.9. The van der Waals surface area contributed by atoms with Crippen LogP contribution in [0.4, 0.5) is 10.1 Å². The number of carbonyl (C=O) groups excluding carboxylic acids is 1. The first-order chi connectivity index (χ1) is 7.52. The van der Waals surface area contributed by atoms with Crippen LogP contribution in [0.5, 0.6) is 0 Å². The van der Waals surface area contributed by atoms with E-state index in [1.54, 1.807) is 6.08 Å². The van der Waals surface area contributed by atoms with Gasteiger partial charge in [-0.15, -0.1) is 6.58 Å². The Kier molecular flexibility index (Phi) is 4.46. The number of hydrogen-bond donors (Lipinski definition) is 2. The van der Waals surface area contributed by atoms with Crippen molar-refractivity contribution in [2.45, 2.75) is 12.5 Å². The second-order valence-electron chi connectivity index (χ2n) is 3.28. The molecule has 3 N–H and O–H groups in total. The molecule has 1 unspecified atom stereocenters. The average Bonchev–Trinajstić information content (AvgIpc) is 2.16. The summed E-state index contributed by atoms with van der Waals surface area (Å²) in [7, 11) is 0. The molecule has 1 amide bonds. The largest absolute Gasteiger partial charge is 0.325 e. The van der Waals surface area contributed by atoms with Gasteiger partial charge in [-0.25, -0.2) is 4.39 Å². The van der Waals surface area contributed by atoms with Crippen LogP contribution in [0.2, 0.25) is 5.02 Å². The SMILES string of the molecule is C=CCC(N)C(=O)Nc1cc(F)cc(Cl)c1. The van der Waals surface area contributed by atoms with Crippen molar-refractivity contribution in [3.05, 3.63) is 41.7 Å². The van der Waals surface area contributed by atoms with E-state index >= 15 is 0 Å². The smallest absolute Gasteiger partial charge is 0.241 e. The molecule has 0 heterocycles. The van der Waals surface area contributed by atoms with Crippen molar-refractivity contribution < 1.29 is 9.18 Å². The van der Waals surface area contributed by atoms with Crippen LogP contribution in [0, 0.1) is 5.82 Å². The Labute approximate surface area is 98.1 Å². The molecule has 1 rings (SSSR count). The number of nitrogens with one attached hydrogen (secondary N) is 1. The van der Waals surface area contributed by atoms with Crippen molar-refractivity contribution in [1.29, 1.82) is 0 Å². The third-order valence-electron chi connectivity index (χ3n) is 1.89. The van der Waals surface area contributed by atoms with E-state index in [4.69, 9.17) is 17.3 Å². The highest BCUT2D eigenvalue weighted by Gasteiger charge is 2.12. The summed E-state index contributed by atoms with van der Waals surface area (Å²) < 4.78 is 12.9. The van der Waals surface area contributed by atoms with Crippen LogP contribution in [0.1, 0.15) is 6.42 Å². The molecule has 16 heavy (non-hydrogen) atoms. The van der Waals surface area contributed by atoms with Gasteiger partial charge in [-0.2, -0.15) is 0 Å². The van der Waals surface area contributed by atoms with Crippen LogP contribution in [0.3, 0.4) is 0 Å². The molecular weight excluding hydrogens is 231 g/mol. The molecule has 0 fully saturated rings. The van der Waals surface area contributed by atoms with Gasteiger partial charge in [-0.05, 0) is 24.6 Å². The third kappa shape index (κ3) is 3.64. The highest BCUT2D eigenvalue weighted by molar-refractivity contribution is 6.30. The van der Waals surface area contributed by atoms with Gasteiger partial charge < -0.3 is 11.1 Å². The Balaban J connectivity index is 2.72. The Bertz CT molecular complexity index is 389. The molecule has 5 heteroatoms. The van der Waals surface area contributed by atoms with E-state index in [2.05, 4.69) is 11.9 Å². The zero-order valence-electron chi connectivity index (χ0n) is 8.54. The summed E-state index contributed by atoms with van der Waals surface area (Å²) >= 11 is 5.64. The first kappa shape index (κ1) is 12.7. The number of carbonyl (C=O) groups is 1. The van der Waals surface area contributed by atoms with E-state index in [1.165, 1.54) is 12.1 Å². The third-order valence-corrected chi connectivity index (χ3v) is 2.11. The second kappa shape index (κ2) is 5.63. The maximum atomic E-state index is 12.9. The monoisotopic (exact) mass is 242 g/mol. The molecular formula is C11H12ClFN2O. The molecule has 0 bridgehead atoms. The molecule has 0 aliphatic carbocycles. The molecule has 3 nitrogen and oxygen atoms in total. The number of nitrogens with two attached hydrogens (primary N) is 1. The van der Waals surface area contributed by atoms with Crippen LogP contribution in [-0.2, 0) is 4.79 Å². The molecule has 0 spiro atoms. The quantitative estimate of drug-likeness (QED) is 0.797. The van der Waals surface area contributed by atoms with Crippen LogP contribution in [-0.4, -0.2) is 11.9 Å². The Hall–Kier alpha value is -1.39. The Morgan fingerprint density at radius 1 is 1.62 bits per heavy atom. The van der Waals surface area contributed by atoms with Crippen LogP contribution < -0.4 is 11.1 Å². The van der Waals surface area contributed by atoms with E-state index in [-0.39, 0.29) is 10.7 Å². The average molecular weight is 243 g/mol. The van der Waals surface area contributed by atoms with Crippen LogP contribution >= 0.6 is 11.6 Å². The van der Waals surface area contributed by atoms with Gasteiger partial charge in [0.2, 0.25) is 5.91 Å². The summed E-state index contributed by atoms with van der Waals surface area (Å²) in [6.45, 7) is 3.48. The van der Waals surface area contributed by atoms with Gasteiger partial charge >= 0.3 is 0 Å². The lowest BCUT2D eigenvalue weighted by atomic mass is 10.2. The molecule has 86 valence electrons. The fraction of sp³-hybridized carbons (Fsp3) is 0.182. The zero-order chi connectivity index (χ0) is 12.1. The molecule has 0 aromatic heterocycles. The van der Waals surface area contributed by atoms with E-state index in [9.17, 15) is 9.18 Å². The summed E-state index contributed by atoms with van der Waals surface area (Å²) in [5.74, 6) is -0.915. The van der Waals surface area contributed by atoms with Gasteiger partial charge in [0.1, 0.15) is 5.82 Å². The first-order valence-corrected chi connectivity index (χ1v) is 5.04. The van der Waals surface area contributed by atoms with E-state index in [1.807, 2.05) is 0 Å². The van der Waals surface area contributed by atoms with Gasteiger partial charge in [0.25, 0.3) is 0 Å². The van der Waals surface area contributed by atoms with Crippen LogP contribution in [0.25, 0.3) is 0 Å². The predicted octanol–water partition coefficient (Wildman–Crippen LogP) is 2.32. The van der Waals surface area contributed by atoms with Gasteiger partial charge in [0, 0.05) is 10.7 Å². The summed E-state index contributed by atoms with van der Waals surface area (Å²) in [5, 5.41) is 2.69. The maximum absolute atomic E-state index is 12.9. The van der Waals surface area contributed by atoms with Gasteiger partial charge in [0.15, 0.2) is 0 Å². The van der Waals surface area contributed by atoms with Crippen molar-refractivity contribution in [2.24, 2.45) is 5.73 Å². The lowest BCUT2D eigenvalue weighted by molar-refractivity contribution is -0.117. The lowest BCUT2D eigenvalue weighted by Gasteiger charge is -2.10. The fourth-order valence-corrected chi connectivity index (χ4v) is 1.37. The van der Waals surface area contributed by atoms with Gasteiger partial charge in [-0.3, -0.25) is 4.79 Å². The standard InChI is InChI=1S/C11H12ClFN2O/c1-2-3-10(14)11(16)15-9-5-7(12)4-8(13)6-9/h2,4-6,10H,1,3,14H2,(H,15,16). The number of halogens is 2. The molecule has 0 aliphatic heterocycles. The van der Waals surface area contributed by atoms with Crippen molar-refractivity contribution >= 4 is 23.2 Å². The summed E-state index contributed by atoms with van der Waals surface area (Å²) in [6.07, 6.45) is 1.90. The number of benzene rings is 1. The zero-order valence-corrected chi connectivity index (χ0v) is 9.30. The van der Waals surface area contributed by atoms with Crippen molar-refractivity contribution in [2.75, 3.05) is 5.32 Å². The minimum absolute atomic E-state index is 0.215. The Morgan fingerprint density at radius 2 is 2.31 bits per heavy atom. The molecule has 1 atom stereocenters. The molecule has 0 saturated carbocycles. The van der Waals surface area contributed by atoms with Crippen molar-refractivity contribution in [3.8, 4) is 0 Å². The number of amides is 1. The minimum Gasteiger partial charge on any atom is -0.325 e. The topological polar surface area (TPSA) is 55.1 Å². The van der Waals surface area contributed by atoms with Gasteiger partial charge in [0.05, 0.1) is 6.04 Å². The highest BCUT2D eigenvalue weighted by atomic mass is 35.5. The molecule has 1 aromatic rings. The number of anilines is 1. The first-order valence-electron chi connectivity index (χ1n) is 4.66. The lowest BCUT2D eigenvalue weighted by Crippen LogP contribution is -2.35. The minimum atomic E-state index is -0.695. The summed E-state index contributed by atoms with van der Waals surface area (Å²) in [5.41, 5.74) is 5.83. The van der Waals surface area contributed by atoms with E-state index in [0.717, 1.165) is 6.07 Å². The van der Waals surface area contributed by atoms with E-state index < -0.39 is 17.8 Å². The number of rotatable bonds is 4. The molecule has 0 saturated heterocycles. The summed E-state index contributed by atoms with van der Waals surface area (Å²) in [4.78, 5) is 11.5. The maximum Gasteiger partial charge on any atom is 0.241 e. The Morgan fingerprint density at radius 3 is 2.88 bits per heavy atom. The second-order valence-corrected chi connectivity index (χ2v) is 3.71. The van der Waals surface area contributed by atoms with Crippen molar-refractivity contribution in [3.63, 3.8) is 0 Å². The highest BCUT2D eigenvalue weighted by Crippen LogP contribution is 2.18. The van der Waals surface area contributed by atoms with Crippen LogP contribution in [0.15, 0.2) is 30.9 Å².